The summed E-state index contributed by atoms with van der Waals surface area (Å²) in [5.41, 5.74) is 7.97. The number of carbonyl (C=O) groups is 1. The number of benzene rings is 1. The summed E-state index contributed by atoms with van der Waals surface area (Å²) in [6, 6.07) is 10.6. The molecule has 1 saturated heterocycles. The molecule has 1 aliphatic rings. The van der Waals surface area contributed by atoms with Crippen LogP contribution in [0.2, 0.25) is 0 Å². The predicted octanol–water partition coefficient (Wildman–Crippen LogP) is 0.454. The van der Waals surface area contributed by atoms with E-state index in [9.17, 15) is 10.0 Å². The largest absolute Gasteiger partial charge is 0.619 e. The number of anilines is 2. The van der Waals surface area contributed by atoms with Gasteiger partial charge in [-0.2, -0.15) is 4.73 Å². The number of piperazine rings is 1. The van der Waals surface area contributed by atoms with Crippen molar-refractivity contribution in [3.8, 4) is 0 Å². The molecule has 0 radical (unpaired) electrons. The van der Waals surface area contributed by atoms with E-state index in [1.165, 1.54) is 12.4 Å². The molecule has 3 rings (SSSR count). The van der Waals surface area contributed by atoms with Gasteiger partial charge in [-0.15, -0.1) is 0 Å². The standard InChI is InChI=1S/C18H23N5O2/c19-16-3-1-15(2-4-16)18(24)20-7-10-21-11-13-22(14-12-21)17-5-8-23(25)9-6-17/h1-6,8-9H,7,10-14,19H2,(H,20,24). The zero-order valence-electron chi connectivity index (χ0n) is 14.1. The second-order valence-electron chi connectivity index (χ2n) is 6.12. The van der Waals surface area contributed by atoms with Crippen LogP contribution in [-0.2, 0) is 0 Å². The van der Waals surface area contributed by atoms with E-state index in [0.29, 0.717) is 17.8 Å². The van der Waals surface area contributed by atoms with E-state index in [4.69, 9.17) is 5.73 Å². The first-order valence-corrected chi connectivity index (χ1v) is 8.42. The second-order valence-corrected chi connectivity index (χ2v) is 6.12. The van der Waals surface area contributed by atoms with Gasteiger partial charge in [-0.1, -0.05) is 0 Å². The van der Waals surface area contributed by atoms with Gasteiger partial charge in [-0.25, -0.2) is 0 Å². The van der Waals surface area contributed by atoms with E-state index in [-0.39, 0.29) is 5.91 Å². The van der Waals surface area contributed by atoms with Crippen molar-refractivity contribution in [3.05, 3.63) is 59.6 Å². The number of nitrogens with zero attached hydrogens (tertiary/aromatic N) is 3. The Morgan fingerprint density at radius 1 is 1.08 bits per heavy atom. The summed E-state index contributed by atoms with van der Waals surface area (Å²) >= 11 is 0. The molecule has 1 aromatic heterocycles. The van der Waals surface area contributed by atoms with Crippen LogP contribution < -0.4 is 20.7 Å². The van der Waals surface area contributed by atoms with Gasteiger partial charge in [0.05, 0.1) is 0 Å². The highest BCUT2D eigenvalue weighted by atomic mass is 16.5. The average molecular weight is 341 g/mol. The lowest BCUT2D eigenvalue weighted by Gasteiger charge is -2.35. The van der Waals surface area contributed by atoms with Crippen LogP contribution in [0.5, 0.6) is 0 Å². The smallest absolute Gasteiger partial charge is 0.251 e. The number of nitrogen functional groups attached to an aromatic ring is 1. The third kappa shape index (κ3) is 4.60. The molecule has 0 unspecified atom stereocenters. The van der Waals surface area contributed by atoms with Gasteiger partial charge in [0.1, 0.15) is 0 Å². The van der Waals surface area contributed by atoms with Crippen molar-refractivity contribution in [2.75, 3.05) is 49.9 Å². The lowest BCUT2D eigenvalue weighted by Crippen LogP contribution is -2.48. The predicted molar refractivity (Wildman–Crippen MR) is 97.2 cm³/mol. The molecule has 2 aromatic rings. The van der Waals surface area contributed by atoms with Crippen LogP contribution in [0.25, 0.3) is 0 Å². The molecule has 0 spiro atoms. The average Bonchev–Trinajstić information content (AvgIpc) is 2.63. The number of aromatic nitrogens is 1. The highest BCUT2D eigenvalue weighted by Gasteiger charge is 2.17. The fourth-order valence-corrected chi connectivity index (χ4v) is 2.91. The van der Waals surface area contributed by atoms with E-state index < -0.39 is 0 Å². The molecule has 2 heterocycles. The van der Waals surface area contributed by atoms with Crippen LogP contribution in [0, 0.1) is 5.21 Å². The summed E-state index contributed by atoms with van der Waals surface area (Å²) in [5, 5.41) is 14.0. The third-order valence-electron chi connectivity index (χ3n) is 4.41. The Balaban J connectivity index is 1.40. The minimum Gasteiger partial charge on any atom is -0.619 e. The number of hydrogen-bond acceptors (Lipinski definition) is 5. The lowest BCUT2D eigenvalue weighted by molar-refractivity contribution is -0.605. The van der Waals surface area contributed by atoms with Crippen molar-refractivity contribution in [1.29, 1.82) is 0 Å². The fraction of sp³-hybridized carbons (Fsp3) is 0.333. The van der Waals surface area contributed by atoms with E-state index in [1.54, 1.807) is 24.3 Å². The van der Waals surface area contributed by atoms with Gasteiger partial charge in [-0.05, 0) is 24.3 Å². The molecule has 25 heavy (non-hydrogen) atoms. The maximum Gasteiger partial charge on any atom is 0.251 e. The molecule has 1 amide bonds. The third-order valence-corrected chi connectivity index (χ3v) is 4.41. The summed E-state index contributed by atoms with van der Waals surface area (Å²) in [7, 11) is 0. The molecule has 7 nitrogen and oxygen atoms in total. The number of nitrogens with one attached hydrogen (secondary N) is 1. The molecule has 0 saturated carbocycles. The zero-order valence-corrected chi connectivity index (χ0v) is 14.1. The summed E-state index contributed by atoms with van der Waals surface area (Å²) in [5.74, 6) is -0.0751. The van der Waals surface area contributed by atoms with Crippen LogP contribution in [0.4, 0.5) is 11.4 Å². The Bertz CT molecular complexity index is 694. The monoisotopic (exact) mass is 341 g/mol. The van der Waals surface area contributed by atoms with E-state index in [0.717, 1.165) is 43.1 Å². The molecule has 1 fully saturated rings. The van der Waals surface area contributed by atoms with E-state index in [2.05, 4.69) is 15.1 Å². The molecule has 7 heteroatoms. The zero-order chi connectivity index (χ0) is 17.6. The first-order valence-electron chi connectivity index (χ1n) is 8.42. The van der Waals surface area contributed by atoms with Gasteiger partial charge in [0, 0.05) is 68.3 Å². The first-order chi connectivity index (χ1) is 12.1. The van der Waals surface area contributed by atoms with Crippen molar-refractivity contribution >= 4 is 17.3 Å². The Morgan fingerprint density at radius 3 is 2.36 bits per heavy atom. The van der Waals surface area contributed by atoms with E-state index >= 15 is 0 Å². The topological polar surface area (TPSA) is 88.5 Å². The Hall–Kier alpha value is -2.80. The SMILES string of the molecule is Nc1ccc(C(=O)NCCN2CCN(c3cc[n+]([O-])cc3)CC2)cc1. The number of amides is 1. The maximum atomic E-state index is 12.1. The molecule has 1 aromatic carbocycles. The van der Waals surface area contributed by atoms with Crippen LogP contribution in [0.1, 0.15) is 10.4 Å². The Kier molecular flexibility index (Phi) is 5.35. The number of pyridine rings is 1. The van der Waals surface area contributed by atoms with E-state index in [1.807, 2.05) is 12.1 Å². The first kappa shape index (κ1) is 17.0. The number of rotatable bonds is 5. The molecular formula is C18H23N5O2. The van der Waals surface area contributed by atoms with Gasteiger partial charge in [-0.3, -0.25) is 9.69 Å². The molecular weight excluding hydrogens is 318 g/mol. The van der Waals surface area contributed by atoms with Gasteiger partial charge in [0.2, 0.25) is 0 Å². The highest BCUT2D eigenvalue weighted by molar-refractivity contribution is 5.94. The molecule has 1 aliphatic heterocycles. The normalized spacial score (nSPS) is 15.1. The number of hydrogen-bond donors (Lipinski definition) is 2. The van der Waals surface area contributed by atoms with Crippen molar-refractivity contribution in [2.24, 2.45) is 0 Å². The molecule has 0 bridgehead atoms. The number of nitrogens with two attached hydrogens (primary N) is 1. The molecule has 132 valence electrons. The van der Waals surface area contributed by atoms with Gasteiger partial charge < -0.3 is 21.2 Å². The minimum atomic E-state index is -0.0751. The van der Waals surface area contributed by atoms with Crippen LogP contribution in [-0.4, -0.2) is 50.1 Å². The van der Waals surface area contributed by atoms with Crippen molar-refractivity contribution in [3.63, 3.8) is 0 Å². The lowest BCUT2D eigenvalue weighted by atomic mass is 10.2. The van der Waals surface area contributed by atoms with Crippen molar-refractivity contribution in [1.82, 2.24) is 10.2 Å². The van der Waals surface area contributed by atoms with Gasteiger partial charge in [0.15, 0.2) is 12.4 Å². The fourth-order valence-electron chi connectivity index (χ4n) is 2.91. The van der Waals surface area contributed by atoms with Crippen molar-refractivity contribution in [2.45, 2.75) is 0 Å². The molecule has 0 aliphatic carbocycles. The summed E-state index contributed by atoms with van der Waals surface area (Å²) < 4.78 is 0.795. The maximum absolute atomic E-state index is 12.1. The van der Waals surface area contributed by atoms with Crippen molar-refractivity contribution < 1.29 is 9.52 Å². The summed E-state index contributed by atoms with van der Waals surface area (Å²) in [4.78, 5) is 16.7. The van der Waals surface area contributed by atoms with Gasteiger partial charge in [0.25, 0.3) is 5.91 Å². The highest BCUT2D eigenvalue weighted by Crippen LogP contribution is 2.14. The Morgan fingerprint density at radius 2 is 1.72 bits per heavy atom. The molecule has 0 atom stereocenters. The Labute approximate surface area is 147 Å². The molecule has 3 N–H and O–H groups in total. The quantitative estimate of drug-likeness (QED) is 0.468. The van der Waals surface area contributed by atoms with Crippen LogP contribution in [0.15, 0.2) is 48.8 Å². The van der Waals surface area contributed by atoms with Crippen LogP contribution >= 0.6 is 0 Å². The summed E-state index contributed by atoms with van der Waals surface area (Å²) in [6.07, 6.45) is 3.04. The summed E-state index contributed by atoms with van der Waals surface area (Å²) in [6.45, 7) is 5.13. The second kappa shape index (κ2) is 7.85. The van der Waals surface area contributed by atoms with Crippen LogP contribution in [0.3, 0.4) is 0 Å². The number of carbonyl (C=O) groups excluding carboxylic acids is 1. The minimum absolute atomic E-state index is 0.0751. The van der Waals surface area contributed by atoms with Gasteiger partial charge >= 0.3 is 0 Å².